The molecule has 0 aliphatic rings. The normalized spacial score (nSPS) is 12.0. The number of hydrogen-bond acceptors (Lipinski definition) is 2. The van der Waals surface area contributed by atoms with E-state index >= 15 is 0 Å². The predicted octanol–water partition coefficient (Wildman–Crippen LogP) is 3.30. The van der Waals surface area contributed by atoms with Crippen LogP contribution in [0.1, 0.15) is 26.7 Å². The first-order chi connectivity index (χ1) is 8.54. The van der Waals surface area contributed by atoms with E-state index in [1.165, 1.54) is 6.07 Å². The van der Waals surface area contributed by atoms with E-state index in [9.17, 15) is 9.18 Å². The van der Waals surface area contributed by atoms with Gasteiger partial charge in [0.15, 0.2) is 0 Å². The van der Waals surface area contributed by atoms with Crippen molar-refractivity contribution in [1.29, 1.82) is 0 Å². The maximum atomic E-state index is 13.5. The number of halogens is 2. The van der Waals surface area contributed by atoms with Crippen LogP contribution < -0.4 is 10.6 Å². The number of carbonyl (C=O) groups excluding carboxylic acids is 1. The maximum Gasteiger partial charge on any atom is 0.242 e. The molecular formula is C13H18BrFN2O. The Labute approximate surface area is 115 Å². The Bertz CT molecular complexity index is 412. The quantitative estimate of drug-likeness (QED) is 0.791. The van der Waals surface area contributed by atoms with Crippen LogP contribution in [0.15, 0.2) is 22.7 Å². The van der Waals surface area contributed by atoms with Gasteiger partial charge >= 0.3 is 0 Å². The molecule has 0 aliphatic heterocycles. The van der Waals surface area contributed by atoms with Crippen LogP contribution in [0.25, 0.3) is 0 Å². The van der Waals surface area contributed by atoms with E-state index in [2.05, 4.69) is 33.5 Å². The molecule has 0 bridgehead atoms. The number of rotatable bonds is 6. The summed E-state index contributed by atoms with van der Waals surface area (Å²) < 4.78 is 14.3. The van der Waals surface area contributed by atoms with Gasteiger partial charge in [0, 0.05) is 11.0 Å². The topological polar surface area (TPSA) is 41.1 Å². The van der Waals surface area contributed by atoms with Gasteiger partial charge in [-0.1, -0.05) is 29.3 Å². The van der Waals surface area contributed by atoms with E-state index in [0.29, 0.717) is 12.2 Å². The van der Waals surface area contributed by atoms with Crippen LogP contribution >= 0.6 is 15.9 Å². The van der Waals surface area contributed by atoms with Crippen LogP contribution in [0.5, 0.6) is 0 Å². The molecule has 1 rings (SSSR count). The Kier molecular flexibility index (Phi) is 6.12. The molecule has 0 heterocycles. The summed E-state index contributed by atoms with van der Waals surface area (Å²) in [4.78, 5) is 11.7. The van der Waals surface area contributed by atoms with E-state index in [0.717, 1.165) is 17.3 Å². The summed E-state index contributed by atoms with van der Waals surface area (Å²) >= 11 is 3.27. The smallest absolute Gasteiger partial charge is 0.242 e. The van der Waals surface area contributed by atoms with Crippen LogP contribution in [0.4, 0.5) is 10.1 Å². The molecule has 18 heavy (non-hydrogen) atoms. The molecule has 1 unspecified atom stereocenters. The maximum absolute atomic E-state index is 13.5. The van der Waals surface area contributed by atoms with E-state index in [4.69, 9.17) is 0 Å². The minimum atomic E-state index is -0.467. The van der Waals surface area contributed by atoms with Crippen LogP contribution in [0.2, 0.25) is 0 Å². The van der Waals surface area contributed by atoms with Crippen molar-refractivity contribution in [2.75, 3.05) is 11.9 Å². The standard InChI is InChI=1S/C13H18BrFN2O/c1-3-4-7-16-13(18)9(2)17-12-8-10(14)5-6-11(12)15/h5-6,8-9,17H,3-4,7H2,1-2H3,(H,16,18). The minimum absolute atomic E-state index is 0.122. The van der Waals surface area contributed by atoms with Gasteiger partial charge in [0.2, 0.25) is 5.91 Å². The van der Waals surface area contributed by atoms with E-state index < -0.39 is 6.04 Å². The van der Waals surface area contributed by atoms with Crippen LogP contribution in [0, 0.1) is 5.82 Å². The molecule has 0 aliphatic carbocycles. The summed E-state index contributed by atoms with van der Waals surface area (Å²) in [5, 5.41) is 5.66. The molecule has 5 heteroatoms. The second-order valence-corrected chi connectivity index (χ2v) is 5.05. The van der Waals surface area contributed by atoms with E-state index in [1.807, 2.05) is 0 Å². The highest BCUT2D eigenvalue weighted by atomic mass is 79.9. The Morgan fingerprint density at radius 1 is 1.50 bits per heavy atom. The van der Waals surface area contributed by atoms with Crippen LogP contribution in [-0.4, -0.2) is 18.5 Å². The fraction of sp³-hybridized carbons (Fsp3) is 0.462. The predicted molar refractivity (Wildman–Crippen MR) is 75.1 cm³/mol. The van der Waals surface area contributed by atoms with Crippen molar-refractivity contribution in [2.45, 2.75) is 32.7 Å². The van der Waals surface area contributed by atoms with Crippen molar-refractivity contribution in [2.24, 2.45) is 0 Å². The lowest BCUT2D eigenvalue weighted by molar-refractivity contribution is -0.121. The van der Waals surface area contributed by atoms with Gasteiger partial charge in [-0.3, -0.25) is 4.79 Å². The molecule has 1 atom stereocenters. The molecule has 0 saturated carbocycles. The third-order valence-electron chi connectivity index (χ3n) is 2.52. The zero-order chi connectivity index (χ0) is 13.5. The zero-order valence-corrected chi connectivity index (χ0v) is 12.2. The lowest BCUT2D eigenvalue weighted by atomic mass is 10.2. The molecule has 0 spiro atoms. The highest BCUT2D eigenvalue weighted by Gasteiger charge is 2.13. The molecule has 3 nitrogen and oxygen atoms in total. The monoisotopic (exact) mass is 316 g/mol. The van der Waals surface area contributed by atoms with Gasteiger partial charge in [0.05, 0.1) is 5.69 Å². The molecule has 1 amide bonds. The van der Waals surface area contributed by atoms with Crippen molar-refractivity contribution in [3.63, 3.8) is 0 Å². The lowest BCUT2D eigenvalue weighted by Gasteiger charge is -2.15. The summed E-state index contributed by atoms with van der Waals surface area (Å²) in [5.74, 6) is -0.491. The SMILES string of the molecule is CCCCNC(=O)C(C)Nc1cc(Br)ccc1F. The Balaban J connectivity index is 2.55. The van der Waals surface area contributed by atoms with Crippen molar-refractivity contribution in [3.05, 3.63) is 28.5 Å². The second kappa shape index (κ2) is 7.36. The van der Waals surface area contributed by atoms with Gasteiger partial charge in [-0.25, -0.2) is 4.39 Å². The molecular weight excluding hydrogens is 299 g/mol. The summed E-state index contributed by atoms with van der Waals surface area (Å²) in [7, 11) is 0. The van der Waals surface area contributed by atoms with Gasteiger partial charge in [-0.15, -0.1) is 0 Å². The van der Waals surface area contributed by atoms with E-state index in [1.54, 1.807) is 19.1 Å². The molecule has 0 aromatic heterocycles. The van der Waals surface area contributed by atoms with Gasteiger partial charge in [0.1, 0.15) is 11.9 Å². The van der Waals surface area contributed by atoms with Crippen molar-refractivity contribution < 1.29 is 9.18 Å². The summed E-state index contributed by atoms with van der Waals surface area (Å²) in [5.41, 5.74) is 0.322. The summed E-state index contributed by atoms with van der Waals surface area (Å²) in [6.45, 7) is 4.43. The third kappa shape index (κ3) is 4.64. The molecule has 2 N–H and O–H groups in total. The molecule has 0 radical (unpaired) electrons. The van der Waals surface area contributed by atoms with Crippen molar-refractivity contribution in [1.82, 2.24) is 5.32 Å². The number of carbonyl (C=O) groups is 1. The Hall–Kier alpha value is -1.10. The van der Waals surface area contributed by atoms with Gasteiger partial charge in [0.25, 0.3) is 0 Å². The number of amides is 1. The first kappa shape index (κ1) is 15.0. The highest BCUT2D eigenvalue weighted by Crippen LogP contribution is 2.20. The third-order valence-corrected chi connectivity index (χ3v) is 3.02. The van der Waals surface area contributed by atoms with Crippen molar-refractivity contribution in [3.8, 4) is 0 Å². The fourth-order valence-corrected chi connectivity index (χ4v) is 1.81. The molecule has 0 saturated heterocycles. The lowest BCUT2D eigenvalue weighted by Crippen LogP contribution is -2.38. The minimum Gasteiger partial charge on any atom is -0.371 e. The number of benzene rings is 1. The zero-order valence-electron chi connectivity index (χ0n) is 10.6. The molecule has 1 aromatic carbocycles. The first-order valence-corrected chi connectivity index (χ1v) is 6.83. The Morgan fingerprint density at radius 3 is 2.89 bits per heavy atom. The summed E-state index contributed by atoms with van der Waals surface area (Å²) in [6, 6.07) is 4.12. The van der Waals surface area contributed by atoms with E-state index in [-0.39, 0.29) is 11.7 Å². The van der Waals surface area contributed by atoms with Gasteiger partial charge in [-0.2, -0.15) is 0 Å². The second-order valence-electron chi connectivity index (χ2n) is 4.13. The molecule has 1 aromatic rings. The first-order valence-electron chi connectivity index (χ1n) is 6.04. The number of anilines is 1. The largest absolute Gasteiger partial charge is 0.371 e. The fourth-order valence-electron chi connectivity index (χ4n) is 1.45. The van der Waals surface area contributed by atoms with Crippen LogP contribution in [-0.2, 0) is 4.79 Å². The van der Waals surface area contributed by atoms with Gasteiger partial charge in [-0.05, 0) is 31.5 Å². The Morgan fingerprint density at radius 2 is 2.22 bits per heavy atom. The average molecular weight is 317 g/mol. The highest BCUT2D eigenvalue weighted by molar-refractivity contribution is 9.10. The van der Waals surface area contributed by atoms with Crippen molar-refractivity contribution >= 4 is 27.5 Å². The number of hydrogen-bond donors (Lipinski definition) is 2. The number of unbranched alkanes of at least 4 members (excludes halogenated alkanes) is 1. The van der Waals surface area contributed by atoms with Crippen LogP contribution in [0.3, 0.4) is 0 Å². The summed E-state index contributed by atoms with van der Waals surface area (Å²) in [6.07, 6.45) is 1.98. The average Bonchev–Trinajstić information content (AvgIpc) is 2.34. The molecule has 100 valence electrons. The van der Waals surface area contributed by atoms with Gasteiger partial charge < -0.3 is 10.6 Å². The molecule has 0 fully saturated rings. The number of nitrogens with one attached hydrogen (secondary N) is 2.